The van der Waals surface area contributed by atoms with E-state index in [1.807, 2.05) is 0 Å². The van der Waals surface area contributed by atoms with Gasteiger partial charge in [0.05, 0.1) is 11.5 Å². The van der Waals surface area contributed by atoms with Crippen molar-refractivity contribution in [1.82, 2.24) is 0 Å². The summed E-state index contributed by atoms with van der Waals surface area (Å²) in [5.41, 5.74) is 0.0215. The van der Waals surface area contributed by atoms with Gasteiger partial charge in [0, 0.05) is 11.9 Å². The zero-order valence-corrected chi connectivity index (χ0v) is 10.4. The van der Waals surface area contributed by atoms with Crippen LogP contribution < -0.4 is 4.74 Å². The minimum absolute atomic E-state index is 0.0215. The lowest BCUT2D eigenvalue weighted by Crippen LogP contribution is -2.00. The number of halogens is 1. The van der Waals surface area contributed by atoms with E-state index in [1.54, 1.807) is 18.2 Å². The summed E-state index contributed by atoms with van der Waals surface area (Å²) in [7, 11) is 0. The number of alkyl halides is 1. The van der Waals surface area contributed by atoms with Crippen molar-refractivity contribution in [1.29, 1.82) is 0 Å². The van der Waals surface area contributed by atoms with Crippen LogP contribution in [0.2, 0.25) is 0 Å². The van der Waals surface area contributed by atoms with Gasteiger partial charge in [-0.25, -0.2) is 0 Å². The molecule has 0 N–H and O–H groups in total. The van der Waals surface area contributed by atoms with Gasteiger partial charge in [0.2, 0.25) is 0 Å². The highest BCUT2D eigenvalue weighted by Gasteiger charge is 2.12. The average Bonchev–Trinajstić information content (AvgIpc) is 2.34. The highest BCUT2D eigenvalue weighted by molar-refractivity contribution is 6.17. The molecule has 5 heteroatoms. The number of nitro groups is 1. The number of para-hydroxylation sites is 2. The van der Waals surface area contributed by atoms with Crippen LogP contribution in [0.1, 0.15) is 25.7 Å². The molecule has 0 aliphatic rings. The van der Waals surface area contributed by atoms with Gasteiger partial charge in [-0.15, -0.1) is 11.6 Å². The Labute approximate surface area is 106 Å². The van der Waals surface area contributed by atoms with Gasteiger partial charge in [0.1, 0.15) is 0 Å². The normalized spacial score (nSPS) is 10.2. The Morgan fingerprint density at radius 3 is 2.59 bits per heavy atom. The number of nitro benzene ring substituents is 1. The van der Waals surface area contributed by atoms with Crippen molar-refractivity contribution in [3.05, 3.63) is 34.4 Å². The first kappa shape index (κ1) is 13.8. The van der Waals surface area contributed by atoms with Gasteiger partial charge < -0.3 is 4.74 Å². The van der Waals surface area contributed by atoms with Crippen LogP contribution in [0.25, 0.3) is 0 Å². The second-order valence-corrected chi connectivity index (χ2v) is 4.05. The van der Waals surface area contributed by atoms with Crippen LogP contribution in [0.5, 0.6) is 5.75 Å². The van der Waals surface area contributed by atoms with Crippen molar-refractivity contribution < 1.29 is 9.66 Å². The summed E-state index contributed by atoms with van der Waals surface area (Å²) in [6, 6.07) is 6.43. The predicted molar refractivity (Wildman–Crippen MR) is 67.8 cm³/mol. The summed E-state index contributed by atoms with van der Waals surface area (Å²) >= 11 is 5.56. The Morgan fingerprint density at radius 1 is 1.18 bits per heavy atom. The SMILES string of the molecule is O=[N+]([O-])c1ccccc1OCCCCCCCl. The van der Waals surface area contributed by atoms with Crippen LogP contribution in [-0.2, 0) is 0 Å². The van der Waals surface area contributed by atoms with Crippen LogP contribution in [0.4, 0.5) is 5.69 Å². The number of ether oxygens (including phenoxy) is 1. The Morgan fingerprint density at radius 2 is 1.88 bits per heavy atom. The van der Waals surface area contributed by atoms with Crippen LogP contribution in [-0.4, -0.2) is 17.4 Å². The molecule has 0 radical (unpaired) electrons. The van der Waals surface area contributed by atoms with Crippen molar-refractivity contribution >= 4 is 17.3 Å². The van der Waals surface area contributed by atoms with Gasteiger partial charge in [-0.3, -0.25) is 10.1 Å². The molecule has 94 valence electrons. The standard InChI is InChI=1S/C12H16ClNO3/c13-9-5-1-2-6-10-17-12-8-4-3-7-11(12)14(15)16/h3-4,7-8H,1-2,5-6,9-10H2. The summed E-state index contributed by atoms with van der Waals surface area (Å²) in [5, 5.41) is 10.7. The molecule has 0 saturated carbocycles. The maximum atomic E-state index is 10.7. The van der Waals surface area contributed by atoms with E-state index in [0.29, 0.717) is 18.2 Å². The first-order valence-electron chi connectivity index (χ1n) is 5.68. The molecule has 0 amide bonds. The molecule has 0 heterocycles. The molecule has 0 aromatic heterocycles. The van der Waals surface area contributed by atoms with E-state index in [0.717, 1.165) is 25.7 Å². The molecule has 1 aromatic rings. The third-order valence-electron chi connectivity index (χ3n) is 2.35. The summed E-state index contributed by atoms with van der Waals surface area (Å²) in [6.07, 6.45) is 4.01. The largest absolute Gasteiger partial charge is 0.487 e. The van der Waals surface area contributed by atoms with Gasteiger partial charge in [0.25, 0.3) is 0 Å². The average molecular weight is 258 g/mol. The fourth-order valence-electron chi connectivity index (χ4n) is 1.46. The van der Waals surface area contributed by atoms with Crippen molar-refractivity contribution in [2.24, 2.45) is 0 Å². The van der Waals surface area contributed by atoms with Gasteiger partial charge in [-0.05, 0) is 18.9 Å². The number of benzene rings is 1. The number of rotatable bonds is 8. The Bertz CT molecular complexity index is 357. The number of unbranched alkanes of at least 4 members (excludes halogenated alkanes) is 3. The highest BCUT2D eigenvalue weighted by atomic mass is 35.5. The molecule has 0 atom stereocenters. The summed E-state index contributed by atoms with van der Waals surface area (Å²) in [6.45, 7) is 0.507. The number of hydrogen-bond acceptors (Lipinski definition) is 3. The zero-order valence-electron chi connectivity index (χ0n) is 9.60. The summed E-state index contributed by atoms with van der Waals surface area (Å²) in [4.78, 5) is 10.3. The molecule has 1 rings (SSSR count). The van der Waals surface area contributed by atoms with E-state index in [9.17, 15) is 10.1 Å². The third kappa shape index (κ3) is 5.04. The zero-order chi connectivity index (χ0) is 12.5. The lowest BCUT2D eigenvalue weighted by molar-refractivity contribution is -0.385. The molecule has 1 aromatic carbocycles. The van der Waals surface area contributed by atoms with E-state index in [2.05, 4.69) is 0 Å². The summed E-state index contributed by atoms with van der Waals surface area (Å²) < 4.78 is 5.40. The quantitative estimate of drug-likeness (QED) is 0.308. The van der Waals surface area contributed by atoms with E-state index in [1.165, 1.54) is 6.07 Å². The van der Waals surface area contributed by atoms with Crippen LogP contribution in [0.15, 0.2) is 24.3 Å². The van der Waals surface area contributed by atoms with Crippen molar-refractivity contribution in [2.75, 3.05) is 12.5 Å². The fourth-order valence-corrected chi connectivity index (χ4v) is 1.65. The van der Waals surface area contributed by atoms with E-state index >= 15 is 0 Å². The van der Waals surface area contributed by atoms with E-state index in [-0.39, 0.29) is 5.69 Å². The molecule has 0 unspecified atom stereocenters. The minimum Gasteiger partial charge on any atom is -0.487 e. The second-order valence-electron chi connectivity index (χ2n) is 3.68. The molecule has 0 fully saturated rings. The van der Waals surface area contributed by atoms with Gasteiger partial charge in [-0.2, -0.15) is 0 Å². The fraction of sp³-hybridized carbons (Fsp3) is 0.500. The second kappa shape index (κ2) is 7.90. The van der Waals surface area contributed by atoms with Gasteiger partial charge in [0.15, 0.2) is 5.75 Å². The van der Waals surface area contributed by atoms with E-state index < -0.39 is 4.92 Å². The lowest BCUT2D eigenvalue weighted by atomic mass is 10.2. The Hall–Kier alpha value is -1.29. The predicted octanol–water partition coefficient (Wildman–Crippen LogP) is 3.77. The topological polar surface area (TPSA) is 52.4 Å². The van der Waals surface area contributed by atoms with Crippen LogP contribution in [0.3, 0.4) is 0 Å². The Kier molecular flexibility index (Phi) is 6.40. The van der Waals surface area contributed by atoms with E-state index in [4.69, 9.17) is 16.3 Å². The van der Waals surface area contributed by atoms with Crippen LogP contribution in [0, 0.1) is 10.1 Å². The van der Waals surface area contributed by atoms with Crippen molar-refractivity contribution in [2.45, 2.75) is 25.7 Å². The number of nitrogens with zero attached hydrogens (tertiary/aromatic N) is 1. The third-order valence-corrected chi connectivity index (χ3v) is 2.61. The highest BCUT2D eigenvalue weighted by Crippen LogP contribution is 2.25. The Balaban J connectivity index is 2.34. The summed E-state index contributed by atoms with van der Waals surface area (Å²) in [5.74, 6) is 1.03. The van der Waals surface area contributed by atoms with Gasteiger partial charge in [-0.1, -0.05) is 25.0 Å². The molecule has 0 aliphatic carbocycles. The molecule has 0 bridgehead atoms. The molecule has 0 spiro atoms. The maximum absolute atomic E-state index is 10.7. The first-order chi connectivity index (χ1) is 8.25. The molecule has 0 aliphatic heterocycles. The molecular formula is C12H16ClNO3. The minimum atomic E-state index is -0.428. The van der Waals surface area contributed by atoms with Crippen LogP contribution >= 0.6 is 11.6 Å². The number of hydrogen-bond donors (Lipinski definition) is 0. The molecule has 0 saturated heterocycles. The maximum Gasteiger partial charge on any atom is 0.310 e. The molecule has 17 heavy (non-hydrogen) atoms. The first-order valence-corrected chi connectivity index (χ1v) is 6.21. The van der Waals surface area contributed by atoms with Crippen molar-refractivity contribution in [3.8, 4) is 5.75 Å². The van der Waals surface area contributed by atoms with Gasteiger partial charge >= 0.3 is 5.69 Å². The monoisotopic (exact) mass is 257 g/mol. The molecule has 4 nitrogen and oxygen atoms in total. The van der Waals surface area contributed by atoms with Crippen molar-refractivity contribution in [3.63, 3.8) is 0 Å². The molecular weight excluding hydrogens is 242 g/mol. The lowest BCUT2D eigenvalue weighted by Gasteiger charge is -2.06. The smallest absolute Gasteiger partial charge is 0.310 e.